The number of carbonyl (C=O) groups excluding carboxylic acids is 1. The molecule has 0 unspecified atom stereocenters. The van der Waals surface area contributed by atoms with Crippen molar-refractivity contribution in [3.63, 3.8) is 0 Å². The topological polar surface area (TPSA) is 92.2 Å². The Labute approximate surface area is 160 Å². The van der Waals surface area contributed by atoms with Crippen molar-refractivity contribution < 1.29 is 14.7 Å². The summed E-state index contributed by atoms with van der Waals surface area (Å²) < 4.78 is 0. The van der Waals surface area contributed by atoms with Gasteiger partial charge in [0.15, 0.2) is 0 Å². The van der Waals surface area contributed by atoms with Crippen molar-refractivity contribution in [3.8, 4) is 0 Å². The Bertz CT molecular complexity index is 858. The molecule has 0 spiro atoms. The molecule has 0 saturated carbocycles. The Hall–Kier alpha value is -3.06. The first kappa shape index (κ1) is 18.7. The first-order valence-electron chi connectivity index (χ1n) is 8.55. The van der Waals surface area contributed by atoms with Crippen LogP contribution in [0.2, 0.25) is 0 Å². The van der Waals surface area contributed by atoms with Gasteiger partial charge in [0.25, 0.3) is 0 Å². The zero-order valence-electron chi connectivity index (χ0n) is 14.5. The smallest absolute Gasteiger partial charge is 0.303 e. The van der Waals surface area contributed by atoms with Crippen LogP contribution in [0.25, 0.3) is 0 Å². The van der Waals surface area contributed by atoms with Crippen molar-refractivity contribution in [2.75, 3.05) is 5.32 Å². The van der Waals surface area contributed by atoms with Gasteiger partial charge in [-0.2, -0.15) is 0 Å². The summed E-state index contributed by atoms with van der Waals surface area (Å²) in [6, 6.07) is 19.8. The highest BCUT2D eigenvalue weighted by Crippen LogP contribution is 2.28. The summed E-state index contributed by atoms with van der Waals surface area (Å²) in [6.07, 6.45) is 0.574. The van der Waals surface area contributed by atoms with Crippen molar-refractivity contribution in [1.29, 1.82) is 0 Å². The van der Waals surface area contributed by atoms with Crippen LogP contribution in [0.1, 0.15) is 34.9 Å². The molecule has 0 aliphatic carbocycles. The molecule has 0 atom stereocenters. The summed E-state index contributed by atoms with van der Waals surface area (Å²) in [5, 5.41) is 20.3. The fourth-order valence-electron chi connectivity index (χ4n) is 2.77. The van der Waals surface area contributed by atoms with E-state index in [1.165, 1.54) is 11.3 Å². The molecule has 2 N–H and O–H groups in total. The SMILES string of the molecule is O=C(O)CCc1nnc(NC(=O)CC(c2ccccc2)c2ccccc2)s1. The van der Waals surface area contributed by atoms with E-state index in [4.69, 9.17) is 5.11 Å². The van der Waals surface area contributed by atoms with Crippen LogP contribution in [-0.2, 0) is 16.0 Å². The Kier molecular flexibility index (Phi) is 6.27. The largest absolute Gasteiger partial charge is 0.481 e. The predicted octanol–water partition coefficient (Wildman–Crippen LogP) is 3.72. The molecule has 138 valence electrons. The third kappa shape index (κ3) is 5.46. The number of carbonyl (C=O) groups is 2. The molecule has 3 aromatic rings. The van der Waals surface area contributed by atoms with Gasteiger partial charge in [0, 0.05) is 18.8 Å². The molecule has 2 aromatic carbocycles. The Morgan fingerprint density at radius 2 is 1.56 bits per heavy atom. The summed E-state index contributed by atoms with van der Waals surface area (Å²) in [6.45, 7) is 0. The van der Waals surface area contributed by atoms with Crippen LogP contribution in [0.4, 0.5) is 5.13 Å². The molecule has 27 heavy (non-hydrogen) atoms. The van der Waals surface area contributed by atoms with E-state index in [1.54, 1.807) is 0 Å². The number of carboxylic acid groups (broad SMARTS) is 1. The van der Waals surface area contributed by atoms with E-state index in [-0.39, 0.29) is 24.7 Å². The number of aromatic nitrogens is 2. The molecule has 0 bridgehead atoms. The number of anilines is 1. The van der Waals surface area contributed by atoms with Crippen molar-refractivity contribution >= 4 is 28.3 Å². The van der Waals surface area contributed by atoms with Crippen LogP contribution in [0.15, 0.2) is 60.7 Å². The molecule has 1 heterocycles. The molecule has 1 aromatic heterocycles. The number of hydrogen-bond donors (Lipinski definition) is 2. The number of amides is 1. The predicted molar refractivity (Wildman–Crippen MR) is 104 cm³/mol. The maximum atomic E-state index is 12.6. The zero-order chi connectivity index (χ0) is 19.1. The van der Waals surface area contributed by atoms with Gasteiger partial charge in [-0.3, -0.25) is 9.59 Å². The molecule has 7 heteroatoms. The molecule has 1 amide bonds. The first-order valence-corrected chi connectivity index (χ1v) is 9.37. The standard InChI is InChI=1S/C20H19N3O3S/c24-17(21-20-23-22-18(27-20)11-12-19(25)26)13-16(14-7-3-1-4-8-14)15-9-5-2-6-10-15/h1-10,16H,11-13H2,(H,25,26)(H,21,23,24). The van der Waals surface area contributed by atoms with Gasteiger partial charge in [-0.25, -0.2) is 0 Å². The van der Waals surface area contributed by atoms with E-state index in [0.29, 0.717) is 16.6 Å². The molecule has 3 rings (SSSR count). The van der Waals surface area contributed by atoms with Crippen molar-refractivity contribution in [1.82, 2.24) is 10.2 Å². The number of carboxylic acids is 1. The summed E-state index contributed by atoms with van der Waals surface area (Å²) in [5.74, 6) is -1.11. The van der Waals surface area contributed by atoms with Gasteiger partial charge in [-0.15, -0.1) is 10.2 Å². The summed E-state index contributed by atoms with van der Waals surface area (Å²) in [5.41, 5.74) is 2.14. The molecule has 6 nitrogen and oxygen atoms in total. The molecule has 0 saturated heterocycles. The van der Waals surface area contributed by atoms with E-state index >= 15 is 0 Å². The minimum Gasteiger partial charge on any atom is -0.481 e. The lowest BCUT2D eigenvalue weighted by Gasteiger charge is -2.17. The monoisotopic (exact) mass is 381 g/mol. The highest BCUT2D eigenvalue weighted by atomic mass is 32.1. The van der Waals surface area contributed by atoms with E-state index in [1.807, 2.05) is 60.7 Å². The number of rotatable bonds is 8. The molecular weight excluding hydrogens is 362 g/mol. The van der Waals surface area contributed by atoms with Crippen molar-refractivity contribution in [3.05, 3.63) is 76.8 Å². The average molecular weight is 381 g/mol. The van der Waals surface area contributed by atoms with Crippen LogP contribution >= 0.6 is 11.3 Å². The van der Waals surface area contributed by atoms with Crippen molar-refractivity contribution in [2.45, 2.75) is 25.2 Å². The maximum absolute atomic E-state index is 12.6. The fraction of sp³-hybridized carbons (Fsp3) is 0.200. The third-order valence-electron chi connectivity index (χ3n) is 4.06. The second kappa shape index (κ2) is 9.05. The third-order valence-corrected chi connectivity index (χ3v) is 4.96. The van der Waals surface area contributed by atoms with Gasteiger partial charge in [0.05, 0.1) is 6.42 Å². The van der Waals surface area contributed by atoms with Crippen molar-refractivity contribution in [2.24, 2.45) is 0 Å². The van der Waals surface area contributed by atoms with Crippen LogP contribution < -0.4 is 5.32 Å². The normalized spacial score (nSPS) is 10.7. The number of aliphatic carboxylic acids is 1. The lowest BCUT2D eigenvalue weighted by atomic mass is 9.88. The molecular formula is C20H19N3O3S. The molecule has 0 aliphatic rings. The minimum atomic E-state index is -0.885. The second-order valence-corrected chi connectivity index (χ2v) is 7.08. The molecule has 0 radical (unpaired) electrons. The maximum Gasteiger partial charge on any atom is 0.303 e. The number of benzene rings is 2. The van der Waals surface area contributed by atoms with Crippen LogP contribution in [-0.4, -0.2) is 27.2 Å². The minimum absolute atomic E-state index is 0.00727. The van der Waals surface area contributed by atoms with Gasteiger partial charge in [-0.1, -0.05) is 72.0 Å². The van der Waals surface area contributed by atoms with Gasteiger partial charge < -0.3 is 10.4 Å². The summed E-state index contributed by atoms with van der Waals surface area (Å²) in [7, 11) is 0. The van der Waals surface area contributed by atoms with Crippen LogP contribution in [0.3, 0.4) is 0 Å². The highest BCUT2D eigenvalue weighted by molar-refractivity contribution is 7.15. The highest BCUT2D eigenvalue weighted by Gasteiger charge is 2.19. The van der Waals surface area contributed by atoms with E-state index in [0.717, 1.165) is 11.1 Å². The fourth-order valence-corrected chi connectivity index (χ4v) is 3.53. The first-order chi connectivity index (χ1) is 13.1. The lowest BCUT2D eigenvalue weighted by molar-refractivity contribution is -0.137. The van der Waals surface area contributed by atoms with Gasteiger partial charge in [0.2, 0.25) is 11.0 Å². The molecule has 0 fully saturated rings. The summed E-state index contributed by atoms with van der Waals surface area (Å²) >= 11 is 1.20. The Balaban J connectivity index is 1.69. The van der Waals surface area contributed by atoms with Gasteiger partial charge in [-0.05, 0) is 11.1 Å². The Morgan fingerprint density at radius 3 is 2.11 bits per heavy atom. The van der Waals surface area contributed by atoms with E-state index in [9.17, 15) is 9.59 Å². The summed E-state index contributed by atoms with van der Waals surface area (Å²) in [4.78, 5) is 23.2. The number of aryl methyl sites for hydroxylation is 1. The van der Waals surface area contributed by atoms with Gasteiger partial charge >= 0.3 is 5.97 Å². The van der Waals surface area contributed by atoms with Crippen LogP contribution in [0, 0.1) is 0 Å². The lowest BCUT2D eigenvalue weighted by Crippen LogP contribution is -2.16. The second-order valence-electron chi connectivity index (χ2n) is 6.02. The van der Waals surface area contributed by atoms with E-state index in [2.05, 4.69) is 15.5 Å². The zero-order valence-corrected chi connectivity index (χ0v) is 15.4. The number of nitrogens with zero attached hydrogens (tertiary/aromatic N) is 2. The Morgan fingerprint density at radius 1 is 0.963 bits per heavy atom. The number of hydrogen-bond acceptors (Lipinski definition) is 5. The number of nitrogens with one attached hydrogen (secondary N) is 1. The average Bonchev–Trinajstić information content (AvgIpc) is 3.13. The quantitative estimate of drug-likeness (QED) is 0.620. The molecule has 0 aliphatic heterocycles. The van der Waals surface area contributed by atoms with Gasteiger partial charge in [0.1, 0.15) is 5.01 Å². The van der Waals surface area contributed by atoms with Crippen LogP contribution in [0.5, 0.6) is 0 Å². The van der Waals surface area contributed by atoms with E-state index < -0.39 is 5.97 Å².